The summed E-state index contributed by atoms with van der Waals surface area (Å²) in [6, 6.07) is 6.81. The van der Waals surface area contributed by atoms with E-state index in [0.717, 1.165) is 37.0 Å². The van der Waals surface area contributed by atoms with Crippen molar-refractivity contribution in [3.63, 3.8) is 0 Å². The molecule has 3 heteroatoms. The Morgan fingerprint density at radius 3 is 2.78 bits per heavy atom. The van der Waals surface area contributed by atoms with Gasteiger partial charge in [0, 0.05) is 18.2 Å². The number of benzene rings is 1. The van der Waals surface area contributed by atoms with Crippen molar-refractivity contribution in [1.82, 2.24) is 5.32 Å². The van der Waals surface area contributed by atoms with E-state index in [-0.39, 0.29) is 0 Å². The van der Waals surface area contributed by atoms with Crippen molar-refractivity contribution in [3.05, 3.63) is 23.8 Å². The molecule has 2 unspecified atom stereocenters. The zero-order valence-electron chi connectivity index (χ0n) is 15.2. The molecule has 2 atom stereocenters. The fourth-order valence-electron chi connectivity index (χ4n) is 3.30. The molecule has 1 aliphatic carbocycles. The summed E-state index contributed by atoms with van der Waals surface area (Å²) in [7, 11) is 1.71. The fourth-order valence-corrected chi connectivity index (χ4v) is 3.30. The summed E-state index contributed by atoms with van der Waals surface area (Å²) in [4.78, 5) is 0. The predicted molar refractivity (Wildman–Crippen MR) is 96.2 cm³/mol. The summed E-state index contributed by atoms with van der Waals surface area (Å²) in [5.74, 6) is 3.24. The molecule has 0 saturated heterocycles. The molecule has 0 aliphatic heterocycles. The topological polar surface area (TPSA) is 30.5 Å². The molecule has 1 aromatic rings. The Morgan fingerprint density at radius 2 is 2.09 bits per heavy atom. The van der Waals surface area contributed by atoms with Crippen LogP contribution in [0.3, 0.4) is 0 Å². The largest absolute Gasteiger partial charge is 0.493 e. The highest BCUT2D eigenvalue weighted by Crippen LogP contribution is 2.32. The lowest BCUT2D eigenvalue weighted by atomic mass is 9.87. The maximum Gasteiger partial charge on any atom is 0.165 e. The van der Waals surface area contributed by atoms with Crippen LogP contribution in [-0.4, -0.2) is 19.8 Å². The molecular weight excluding hydrogens is 286 g/mol. The number of hydrogen-bond acceptors (Lipinski definition) is 3. The molecular formula is C20H33NO2. The minimum Gasteiger partial charge on any atom is -0.493 e. The lowest BCUT2D eigenvalue weighted by molar-refractivity contribution is 0.266. The summed E-state index contributed by atoms with van der Waals surface area (Å²) < 4.78 is 11.6. The Kier molecular flexibility index (Phi) is 7.22. The van der Waals surface area contributed by atoms with Crippen LogP contribution in [0.4, 0.5) is 0 Å². The van der Waals surface area contributed by atoms with E-state index in [1.54, 1.807) is 7.11 Å². The van der Waals surface area contributed by atoms with Crippen molar-refractivity contribution in [2.75, 3.05) is 13.7 Å². The SMILES string of the molecule is COc1cccc(CNC2CCCC(C)C2)c1OCCC(C)C. The maximum atomic E-state index is 6.07. The minimum atomic E-state index is 0.633. The van der Waals surface area contributed by atoms with Gasteiger partial charge in [-0.15, -0.1) is 0 Å². The highest BCUT2D eigenvalue weighted by Gasteiger charge is 2.19. The van der Waals surface area contributed by atoms with Crippen molar-refractivity contribution in [1.29, 1.82) is 0 Å². The number of ether oxygens (including phenoxy) is 2. The smallest absolute Gasteiger partial charge is 0.165 e. The summed E-state index contributed by atoms with van der Waals surface area (Å²) in [5.41, 5.74) is 1.20. The predicted octanol–water partition coefficient (Wildman–Crippen LogP) is 4.79. The number of para-hydroxylation sites is 1. The van der Waals surface area contributed by atoms with E-state index in [9.17, 15) is 0 Å². The van der Waals surface area contributed by atoms with E-state index in [2.05, 4.69) is 38.2 Å². The molecule has 0 radical (unpaired) electrons. The van der Waals surface area contributed by atoms with Gasteiger partial charge in [-0.2, -0.15) is 0 Å². The second kappa shape index (κ2) is 9.17. The first-order valence-corrected chi connectivity index (χ1v) is 9.12. The third kappa shape index (κ3) is 5.72. The van der Waals surface area contributed by atoms with E-state index in [0.29, 0.717) is 12.0 Å². The molecule has 1 N–H and O–H groups in total. The molecule has 3 nitrogen and oxygen atoms in total. The Labute approximate surface area is 141 Å². The highest BCUT2D eigenvalue weighted by atomic mass is 16.5. The van der Waals surface area contributed by atoms with Gasteiger partial charge in [0.1, 0.15) is 0 Å². The summed E-state index contributed by atoms with van der Waals surface area (Å²) in [6.45, 7) is 8.40. The van der Waals surface area contributed by atoms with Gasteiger partial charge < -0.3 is 14.8 Å². The monoisotopic (exact) mass is 319 g/mol. The lowest BCUT2D eigenvalue weighted by Crippen LogP contribution is -2.33. The Hall–Kier alpha value is -1.22. The van der Waals surface area contributed by atoms with Gasteiger partial charge in [0.25, 0.3) is 0 Å². The van der Waals surface area contributed by atoms with Gasteiger partial charge in [0.15, 0.2) is 11.5 Å². The third-order valence-electron chi connectivity index (χ3n) is 4.74. The highest BCUT2D eigenvalue weighted by molar-refractivity contribution is 5.46. The quantitative estimate of drug-likeness (QED) is 0.747. The molecule has 0 bridgehead atoms. The normalized spacial score (nSPS) is 21.4. The minimum absolute atomic E-state index is 0.633. The van der Waals surface area contributed by atoms with E-state index in [4.69, 9.17) is 9.47 Å². The molecule has 0 aromatic heterocycles. The Balaban J connectivity index is 1.98. The molecule has 1 aromatic carbocycles. The zero-order valence-corrected chi connectivity index (χ0v) is 15.2. The number of hydrogen-bond donors (Lipinski definition) is 1. The van der Waals surface area contributed by atoms with Crippen LogP contribution in [0.5, 0.6) is 11.5 Å². The van der Waals surface area contributed by atoms with E-state index in [1.165, 1.54) is 31.2 Å². The third-order valence-corrected chi connectivity index (χ3v) is 4.74. The summed E-state index contributed by atoms with van der Waals surface area (Å²) >= 11 is 0. The molecule has 0 amide bonds. The van der Waals surface area contributed by atoms with Gasteiger partial charge in [-0.25, -0.2) is 0 Å². The van der Waals surface area contributed by atoms with Gasteiger partial charge in [0.2, 0.25) is 0 Å². The molecule has 23 heavy (non-hydrogen) atoms. The Bertz CT molecular complexity index is 473. The lowest BCUT2D eigenvalue weighted by Gasteiger charge is -2.28. The molecule has 1 saturated carbocycles. The fraction of sp³-hybridized carbons (Fsp3) is 0.700. The van der Waals surface area contributed by atoms with Crippen molar-refractivity contribution < 1.29 is 9.47 Å². The van der Waals surface area contributed by atoms with Crippen LogP contribution in [0, 0.1) is 11.8 Å². The van der Waals surface area contributed by atoms with Crippen LogP contribution >= 0.6 is 0 Å². The first-order valence-electron chi connectivity index (χ1n) is 9.12. The van der Waals surface area contributed by atoms with E-state index in [1.807, 2.05) is 6.07 Å². The van der Waals surface area contributed by atoms with Crippen molar-refractivity contribution >= 4 is 0 Å². The maximum absolute atomic E-state index is 6.07. The van der Waals surface area contributed by atoms with Gasteiger partial charge >= 0.3 is 0 Å². The van der Waals surface area contributed by atoms with Crippen molar-refractivity contribution in [3.8, 4) is 11.5 Å². The Morgan fingerprint density at radius 1 is 1.26 bits per heavy atom. The molecule has 0 spiro atoms. The van der Waals surface area contributed by atoms with Crippen LogP contribution in [-0.2, 0) is 6.54 Å². The van der Waals surface area contributed by atoms with E-state index >= 15 is 0 Å². The van der Waals surface area contributed by atoms with Crippen LogP contribution in [0.25, 0.3) is 0 Å². The van der Waals surface area contributed by atoms with Crippen LogP contribution in [0.1, 0.15) is 58.4 Å². The number of methoxy groups -OCH3 is 1. The standard InChI is InChI=1S/C20H33NO2/c1-15(2)11-12-23-20-17(8-6-10-19(20)22-4)14-21-18-9-5-7-16(3)13-18/h6,8,10,15-16,18,21H,5,7,9,11-14H2,1-4H3. The first-order chi connectivity index (χ1) is 11.1. The molecule has 1 fully saturated rings. The molecule has 1 aliphatic rings. The van der Waals surface area contributed by atoms with Gasteiger partial charge in [-0.1, -0.05) is 45.7 Å². The average Bonchev–Trinajstić information content (AvgIpc) is 2.53. The summed E-state index contributed by atoms with van der Waals surface area (Å²) in [6.07, 6.45) is 6.35. The molecule has 0 heterocycles. The second-order valence-corrected chi connectivity index (χ2v) is 7.33. The van der Waals surface area contributed by atoms with Crippen molar-refractivity contribution in [2.45, 2.75) is 65.5 Å². The van der Waals surface area contributed by atoms with Gasteiger partial charge in [0.05, 0.1) is 13.7 Å². The van der Waals surface area contributed by atoms with Gasteiger partial charge in [-0.3, -0.25) is 0 Å². The average molecular weight is 319 g/mol. The van der Waals surface area contributed by atoms with Crippen LogP contribution < -0.4 is 14.8 Å². The molecule has 2 rings (SSSR count). The van der Waals surface area contributed by atoms with E-state index < -0.39 is 0 Å². The zero-order chi connectivity index (χ0) is 16.7. The van der Waals surface area contributed by atoms with Crippen LogP contribution in [0.2, 0.25) is 0 Å². The summed E-state index contributed by atoms with van der Waals surface area (Å²) in [5, 5.41) is 3.72. The van der Waals surface area contributed by atoms with Crippen molar-refractivity contribution in [2.24, 2.45) is 11.8 Å². The number of rotatable bonds is 8. The molecule has 130 valence electrons. The first kappa shape index (κ1) is 18.1. The second-order valence-electron chi connectivity index (χ2n) is 7.33. The van der Waals surface area contributed by atoms with Crippen LogP contribution in [0.15, 0.2) is 18.2 Å². The van der Waals surface area contributed by atoms with Gasteiger partial charge in [-0.05, 0) is 37.2 Å². The number of nitrogens with one attached hydrogen (secondary N) is 1.